The third kappa shape index (κ3) is 5.14. The van der Waals surface area contributed by atoms with Crippen LogP contribution in [0.4, 0.5) is 30.5 Å². The fraction of sp³-hybridized carbons (Fsp3) is 0.333. The van der Waals surface area contributed by atoms with Gasteiger partial charge in [-0.25, -0.2) is 4.79 Å². The van der Waals surface area contributed by atoms with Crippen molar-refractivity contribution in [3.8, 4) is 0 Å². The average molecular weight is 424 g/mol. The maximum Gasteiger partial charge on any atom is 0.416 e. The molecule has 2 aromatic rings. The van der Waals surface area contributed by atoms with Gasteiger partial charge in [0.05, 0.1) is 16.9 Å². The minimum absolute atomic E-state index is 0.0249. The summed E-state index contributed by atoms with van der Waals surface area (Å²) in [6.45, 7) is 2.89. The highest BCUT2D eigenvalue weighted by atomic mass is 19.4. The zero-order valence-electron chi connectivity index (χ0n) is 16.0. The van der Waals surface area contributed by atoms with Crippen LogP contribution in [0.3, 0.4) is 0 Å². The highest BCUT2D eigenvalue weighted by Crippen LogP contribution is 2.31. The molecule has 12 heteroatoms. The molecule has 0 bridgehead atoms. The number of nitrogen functional groups attached to an aromatic ring is 2. The van der Waals surface area contributed by atoms with Gasteiger partial charge in [-0.05, 0) is 29.8 Å². The normalized spacial score (nSPS) is 15.3. The number of hydrogen-bond acceptors (Lipinski definition) is 8. The molecule has 0 unspecified atom stereocenters. The minimum atomic E-state index is -4.53. The van der Waals surface area contributed by atoms with Crippen LogP contribution in [0.5, 0.6) is 0 Å². The number of nitrogens with zero attached hydrogens (tertiary/aromatic N) is 2. The van der Waals surface area contributed by atoms with Crippen LogP contribution in [-0.2, 0) is 12.7 Å². The van der Waals surface area contributed by atoms with Gasteiger partial charge < -0.3 is 32.7 Å². The Hall–Kier alpha value is -3.41. The van der Waals surface area contributed by atoms with Gasteiger partial charge in [-0.2, -0.15) is 18.2 Å². The second-order valence-corrected chi connectivity index (χ2v) is 6.84. The van der Waals surface area contributed by atoms with E-state index in [9.17, 15) is 18.0 Å². The highest BCUT2D eigenvalue weighted by Gasteiger charge is 2.31. The van der Waals surface area contributed by atoms with Gasteiger partial charge in [-0.15, -0.1) is 0 Å². The van der Waals surface area contributed by atoms with Gasteiger partial charge in [0, 0.05) is 38.4 Å². The first-order valence-electron chi connectivity index (χ1n) is 9.16. The van der Waals surface area contributed by atoms with Gasteiger partial charge in [-0.3, -0.25) is 4.98 Å². The summed E-state index contributed by atoms with van der Waals surface area (Å²) < 4.78 is 39.1. The lowest BCUT2D eigenvalue weighted by atomic mass is 10.1. The van der Waals surface area contributed by atoms with Crippen molar-refractivity contribution >= 4 is 23.4 Å². The molecule has 162 valence electrons. The van der Waals surface area contributed by atoms with Crippen LogP contribution in [-0.4, -0.2) is 41.0 Å². The molecule has 0 aliphatic carbocycles. The molecule has 0 spiro atoms. The largest absolute Gasteiger partial charge is 0.416 e. The highest BCUT2D eigenvalue weighted by molar-refractivity contribution is 5.72. The quantitative estimate of drug-likeness (QED) is 0.384. The molecule has 1 saturated heterocycles. The first-order chi connectivity index (χ1) is 14.1. The molecule has 2 heterocycles. The predicted molar refractivity (Wildman–Crippen MR) is 109 cm³/mol. The number of anilines is 3. The van der Waals surface area contributed by atoms with Crippen molar-refractivity contribution in [3.05, 3.63) is 51.2 Å². The smallest absolute Gasteiger partial charge is 0.399 e. The second-order valence-electron chi connectivity index (χ2n) is 6.84. The first-order valence-corrected chi connectivity index (χ1v) is 9.16. The Bertz CT molecular complexity index is 996. The summed E-state index contributed by atoms with van der Waals surface area (Å²) in [6, 6.07) is 3.24. The summed E-state index contributed by atoms with van der Waals surface area (Å²) in [7, 11) is 0. The van der Waals surface area contributed by atoms with Crippen LogP contribution >= 0.6 is 0 Å². The molecular formula is C18H23F3N8O. The number of piperazine rings is 1. The zero-order valence-corrected chi connectivity index (χ0v) is 16.0. The van der Waals surface area contributed by atoms with Crippen LogP contribution < -0.4 is 33.5 Å². The Morgan fingerprint density at radius 1 is 1.23 bits per heavy atom. The van der Waals surface area contributed by atoms with E-state index < -0.39 is 17.4 Å². The standard InChI is InChI=1S/C18H23F3N8O/c19-18(20,21)11-5-10(6-12(22)7-11)9-26-16-13(15(24)27-17(30)28-16)8-14(23)29-3-1-25-2-4-29/h5-8,25H,1-4,9,22-23H2,(H4,24,26,27,28,30)/b14-8+. The van der Waals surface area contributed by atoms with Gasteiger partial charge in [0.25, 0.3) is 0 Å². The molecule has 1 aromatic heterocycles. The summed E-state index contributed by atoms with van der Waals surface area (Å²) in [5.74, 6) is 0.577. The lowest BCUT2D eigenvalue weighted by Gasteiger charge is -2.29. The predicted octanol–water partition coefficient (Wildman–Crippen LogP) is 0.728. The van der Waals surface area contributed by atoms with Gasteiger partial charge >= 0.3 is 11.9 Å². The number of benzene rings is 1. The lowest BCUT2D eigenvalue weighted by molar-refractivity contribution is -0.137. The van der Waals surface area contributed by atoms with E-state index in [2.05, 4.69) is 20.6 Å². The fourth-order valence-corrected chi connectivity index (χ4v) is 3.11. The number of alkyl halides is 3. The Balaban J connectivity index is 1.88. The zero-order chi connectivity index (χ0) is 21.9. The Kier molecular flexibility index (Phi) is 6.06. The van der Waals surface area contributed by atoms with Crippen molar-refractivity contribution < 1.29 is 13.2 Å². The summed E-state index contributed by atoms with van der Waals surface area (Å²) in [5.41, 5.74) is 16.7. The van der Waals surface area contributed by atoms with Crippen molar-refractivity contribution in [1.29, 1.82) is 0 Å². The van der Waals surface area contributed by atoms with Gasteiger partial charge in [0.2, 0.25) is 0 Å². The molecule has 0 amide bonds. The third-order valence-electron chi connectivity index (χ3n) is 4.58. The minimum Gasteiger partial charge on any atom is -0.399 e. The number of nitrogens with one attached hydrogen (secondary N) is 3. The number of H-pyrrole nitrogens is 1. The number of aromatic amines is 1. The summed E-state index contributed by atoms with van der Waals surface area (Å²) in [5, 5.41) is 6.07. The SMILES string of the molecule is N/C(=C\c1c(NCc2cc(N)cc(C(F)(F)F)c2)nc(=O)[nH]c1N)N1CCNCC1. The van der Waals surface area contributed by atoms with Crippen molar-refractivity contribution in [2.45, 2.75) is 12.7 Å². The molecule has 0 radical (unpaired) electrons. The molecule has 1 aliphatic heterocycles. The molecule has 9 nitrogen and oxygen atoms in total. The van der Waals surface area contributed by atoms with E-state index in [1.165, 1.54) is 6.07 Å². The molecule has 9 N–H and O–H groups in total. The van der Waals surface area contributed by atoms with E-state index in [4.69, 9.17) is 17.2 Å². The maximum absolute atomic E-state index is 13.0. The van der Waals surface area contributed by atoms with Crippen molar-refractivity contribution in [3.63, 3.8) is 0 Å². The van der Waals surface area contributed by atoms with Gasteiger partial charge in [-0.1, -0.05) is 0 Å². The number of rotatable bonds is 5. The number of aromatic nitrogens is 2. The van der Waals surface area contributed by atoms with Crippen LogP contribution in [0.1, 0.15) is 16.7 Å². The van der Waals surface area contributed by atoms with Crippen LogP contribution in [0, 0.1) is 0 Å². The third-order valence-corrected chi connectivity index (χ3v) is 4.58. The molecule has 0 saturated carbocycles. The van der Waals surface area contributed by atoms with E-state index in [0.717, 1.165) is 25.2 Å². The van der Waals surface area contributed by atoms with Crippen molar-refractivity contribution in [1.82, 2.24) is 20.2 Å². The molecule has 30 heavy (non-hydrogen) atoms. The topological polar surface area (TPSA) is 151 Å². The monoisotopic (exact) mass is 424 g/mol. The Labute approximate surface area is 170 Å². The molecule has 0 atom stereocenters. The average Bonchev–Trinajstić information content (AvgIpc) is 2.68. The summed E-state index contributed by atoms with van der Waals surface area (Å²) in [6.07, 6.45) is -2.95. The van der Waals surface area contributed by atoms with E-state index in [0.29, 0.717) is 24.5 Å². The Morgan fingerprint density at radius 2 is 1.93 bits per heavy atom. The van der Waals surface area contributed by atoms with Gasteiger partial charge in [0.1, 0.15) is 11.6 Å². The molecule has 1 aliphatic rings. The molecule has 1 fully saturated rings. The lowest BCUT2D eigenvalue weighted by Crippen LogP contribution is -2.44. The van der Waals surface area contributed by atoms with Crippen LogP contribution in [0.15, 0.2) is 28.8 Å². The summed E-state index contributed by atoms with van der Waals surface area (Å²) in [4.78, 5) is 20.0. The van der Waals surface area contributed by atoms with Gasteiger partial charge in [0.15, 0.2) is 0 Å². The second kappa shape index (κ2) is 8.53. The number of hydrogen-bond donors (Lipinski definition) is 6. The summed E-state index contributed by atoms with van der Waals surface area (Å²) >= 11 is 0. The molecular weight excluding hydrogens is 401 g/mol. The number of nitrogens with two attached hydrogens (primary N) is 3. The Morgan fingerprint density at radius 3 is 2.60 bits per heavy atom. The maximum atomic E-state index is 13.0. The van der Waals surface area contributed by atoms with Crippen molar-refractivity contribution in [2.75, 3.05) is 43.0 Å². The molecule has 3 rings (SSSR count). The molecule has 1 aromatic carbocycles. The van der Waals surface area contributed by atoms with E-state index in [1.54, 1.807) is 6.08 Å². The fourth-order valence-electron chi connectivity index (χ4n) is 3.11. The first kappa shape index (κ1) is 21.3. The van der Waals surface area contributed by atoms with Crippen LogP contribution in [0.2, 0.25) is 0 Å². The van der Waals surface area contributed by atoms with Crippen molar-refractivity contribution in [2.24, 2.45) is 5.73 Å². The van der Waals surface area contributed by atoms with Crippen LogP contribution in [0.25, 0.3) is 6.08 Å². The van der Waals surface area contributed by atoms with E-state index in [1.807, 2.05) is 4.90 Å². The number of halogens is 3. The van der Waals surface area contributed by atoms with E-state index in [-0.39, 0.29) is 29.4 Å². The van der Waals surface area contributed by atoms with E-state index >= 15 is 0 Å².